The van der Waals surface area contributed by atoms with Crippen molar-refractivity contribution in [2.24, 2.45) is 7.05 Å². The summed E-state index contributed by atoms with van der Waals surface area (Å²) < 4.78 is 6.38. The molecule has 0 atom stereocenters. The van der Waals surface area contributed by atoms with Gasteiger partial charge in [-0.2, -0.15) is 4.98 Å². The van der Waals surface area contributed by atoms with E-state index in [-0.39, 0.29) is 0 Å². The maximum absolute atomic E-state index is 4.69. The quantitative estimate of drug-likeness (QED) is 0.397. The molecule has 1 aromatic carbocycles. The second-order valence-corrected chi connectivity index (χ2v) is 5.18. The van der Waals surface area contributed by atoms with Crippen LogP contribution in [0.4, 0.5) is 0 Å². The first-order valence-corrected chi connectivity index (χ1v) is 6.65. The number of hydrogen-bond donors (Lipinski definition) is 0. The molecule has 0 bridgehead atoms. The molecule has 5 nitrogen and oxygen atoms in total. The van der Waals surface area contributed by atoms with Gasteiger partial charge in [0.1, 0.15) is 0 Å². The lowest BCUT2D eigenvalue weighted by atomic mass is 10.1. The second kappa shape index (κ2) is 3.25. The monoisotopic (exact) mass is 262 g/mol. The van der Waals surface area contributed by atoms with Gasteiger partial charge in [0.25, 0.3) is 5.65 Å². The summed E-state index contributed by atoms with van der Waals surface area (Å²) in [5, 5.41) is 4.44. The molecule has 0 saturated carbocycles. The van der Waals surface area contributed by atoms with Crippen LogP contribution in [0.5, 0.6) is 0 Å². The molecule has 0 unspecified atom stereocenters. The van der Waals surface area contributed by atoms with E-state index in [0.29, 0.717) is 0 Å². The molecular weight excluding hydrogens is 250 g/mol. The third kappa shape index (κ3) is 1.02. The van der Waals surface area contributed by atoms with Crippen LogP contribution >= 0.6 is 0 Å². The Morgan fingerprint density at radius 1 is 1.15 bits per heavy atom. The first kappa shape index (κ1) is 10.1. The number of fused-ring (bicyclic) bond motifs is 7. The molecule has 5 rings (SSSR count). The van der Waals surface area contributed by atoms with Crippen molar-refractivity contribution in [3.05, 3.63) is 48.2 Å². The molecule has 0 amide bonds. The lowest BCUT2D eigenvalue weighted by Gasteiger charge is -1.95. The van der Waals surface area contributed by atoms with Gasteiger partial charge >= 0.3 is 5.65 Å². The van der Waals surface area contributed by atoms with Gasteiger partial charge in [0.2, 0.25) is 11.5 Å². The molecule has 4 heterocycles. The van der Waals surface area contributed by atoms with Gasteiger partial charge in [0.05, 0.1) is 25.4 Å². The molecule has 0 spiro atoms. The number of nitrogens with zero attached hydrogens (tertiary/aromatic N) is 5. The highest BCUT2D eigenvalue weighted by Gasteiger charge is 2.33. The Bertz CT molecular complexity index is 992. The number of aromatic nitrogens is 5. The van der Waals surface area contributed by atoms with Crippen LogP contribution in [0.25, 0.3) is 28.3 Å². The van der Waals surface area contributed by atoms with Gasteiger partial charge < -0.3 is 0 Å². The molecule has 0 fully saturated rings. The van der Waals surface area contributed by atoms with Crippen molar-refractivity contribution in [2.45, 2.75) is 6.54 Å². The van der Waals surface area contributed by atoms with Crippen LogP contribution in [0.1, 0.15) is 5.56 Å². The van der Waals surface area contributed by atoms with Crippen molar-refractivity contribution in [1.29, 1.82) is 0 Å². The number of aryl methyl sites for hydroxylation is 1. The smallest absolute Gasteiger partial charge is 0.240 e. The largest absolute Gasteiger partial charge is 0.315 e. The van der Waals surface area contributed by atoms with Crippen LogP contribution in [0, 0.1) is 0 Å². The first-order valence-electron chi connectivity index (χ1n) is 6.65. The summed E-state index contributed by atoms with van der Waals surface area (Å²) in [6, 6.07) is 12.4. The molecule has 0 aliphatic carbocycles. The van der Waals surface area contributed by atoms with Gasteiger partial charge in [-0.05, 0) is 12.1 Å². The standard InChI is InChI=1S/C15H12N5/c1-18-13-15(20-12(17-13)7-4-8-16-20)19-9-10-5-2-3-6-11(10)14(18)19/h2-8H,9H2,1H3/q+1. The minimum absolute atomic E-state index is 0.882. The van der Waals surface area contributed by atoms with E-state index in [1.165, 1.54) is 17.0 Å². The molecule has 20 heavy (non-hydrogen) atoms. The molecule has 3 aromatic heterocycles. The summed E-state index contributed by atoms with van der Waals surface area (Å²) in [6.07, 6.45) is 1.80. The Hall–Kier alpha value is -2.69. The molecule has 5 heteroatoms. The van der Waals surface area contributed by atoms with Crippen LogP contribution in [0.15, 0.2) is 42.6 Å². The number of benzene rings is 1. The van der Waals surface area contributed by atoms with E-state index >= 15 is 0 Å². The van der Waals surface area contributed by atoms with E-state index in [9.17, 15) is 0 Å². The average Bonchev–Trinajstić information content (AvgIpc) is 3.10. The fourth-order valence-electron chi connectivity index (χ4n) is 3.23. The van der Waals surface area contributed by atoms with E-state index in [1.807, 2.05) is 16.6 Å². The predicted molar refractivity (Wildman–Crippen MR) is 74.2 cm³/mol. The van der Waals surface area contributed by atoms with E-state index < -0.39 is 0 Å². The van der Waals surface area contributed by atoms with Crippen LogP contribution in [-0.4, -0.2) is 19.2 Å². The maximum atomic E-state index is 4.69. The topological polar surface area (TPSA) is 39.0 Å². The average molecular weight is 262 g/mol. The Labute approximate surface area is 114 Å². The molecular formula is C15H12N5+. The lowest BCUT2D eigenvalue weighted by Crippen LogP contribution is -2.32. The fourth-order valence-corrected chi connectivity index (χ4v) is 3.23. The number of hydrogen-bond acceptors (Lipinski definition) is 2. The van der Waals surface area contributed by atoms with Crippen molar-refractivity contribution in [2.75, 3.05) is 0 Å². The molecule has 1 aliphatic heterocycles. The fraction of sp³-hybridized carbons (Fsp3) is 0.133. The van der Waals surface area contributed by atoms with Gasteiger partial charge in [-0.25, -0.2) is 9.13 Å². The summed E-state index contributed by atoms with van der Waals surface area (Å²) in [5.41, 5.74) is 5.57. The number of rotatable bonds is 0. The molecule has 1 aliphatic rings. The maximum Gasteiger partial charge on any atom is 0.315 e. The predicted octanol–water partition coefficient (Wildman–Crippen LogP) is 1.54. The van der Waals surface area contributed by atoms with Gasteiger partial charge in [0.15, 0.2) is 0 Å². The van der Waals surface area contributed by atoms with Crippen molar-refractivity contribution >= 4 is 16.9 Å². The van der Waals surface area contributed by atoms with Gasteiger partial charge in [-0.3, -0.25) is 0 Å². The molecule has 0 N–H and O–H groups in total. The van der Waals surface area contributed by atoms with Crippen LogP contribution < -0.4 is 4.57 Å². The van der Waals surface area contributed by atoms with Crippen molar-refractivity contribution in [3.8, 4) is 11.4 Å². The van der Waals surface area contributed by atoms with Crippen molar-refractivity contribution < 1.29 is 4.57 Å². The van der Waals surface area contributed by atoms with Crippen molar-refractivity contribution in [3.63, 3.8) is 0 Å². The van der Waals surface area contributed by atoms with Crippen LogP contribution in [0.2, 0.25) is 0 Å². The minimum atomic E-state index is 0.882. The molecule has 96 valence electrons. The normalized spacial score (nSPS) is 13.1. The van der Waals surface area contributed by atoms with Gasteiger partial charge in [-0.15, -0.1) is 9.61 Å². The summed E-state index contributed by atoms with van der Waals surface area (Å²) in [7, 11) is 2.07. The highest BCUT2D eigenvalue weighted by atomic mass is 15.4. The van der Waals surface area contributed by atoms with E-state index in [1.54, 1.807) is 6.20 Å². The van der Waals surface area contributed by atoms with Crippen LogP contribution in [-0.2, 0) is 13.6 Å². The highest BCUT2D eigenvalue weighted by molar-refractivity contribution is 5.76. The second-order valence-electron chi connectivity index (χ2n) is 5.18. The Kier molecular flexibility index (Phi) is 1.65. The molecule has 0 radical (unpaired) electrons. The Balaban J connectivity index is 1.99. The third-order valence-corrected chi connectivity index (χ3v) is 4.09. The minimum Gasteiger partial charge on any atom is -0.240 e. The van der Waals surface area contributed by atoms with Crippen LogP contribution in [0.3, 0.4) is 0 Å². The zero-order valence-electron chi connectivity index (χ0n) is 11.0. The summed E-state index contributed by atoms with van der Waals surface area (Å²) in [6.45, 7) is 0.882. The molecule has 0 saturated heterocycles. The molecule has 4 aromatic rings. The third-order valence-electron chi connectivity index (χ3n) is 4.09. The highest BCUT2D eigenvalue weighted by Crippen LogP contribution is 2.30. The zero-order valence-corrected chi connectivity index (χ0v) is 11.0. The zero-order chi connectivity index (χ0) is 13.3. The lowest BCUT2D eigenvalue weighted by molar-refractivity contribution is -0.648. The first-order chi connectivity index (χ1) is 9.84. The van der Waals surface area contributed by atoms with Gasteiger partial charge in [0, 0.05) is 11.6 Å². The summed E-state index contributed by atoms with van der Waals surface area (Å²) in [4.78, 5) is 4.69. The van der Waals surface area contributed by atoms with E-state index in [2.05, 4.69) is 45.5 Å². The summed E-state index contributed by atoms with van der Waals surface area (Å²) >= 11 is 0. The SMILES string of the molecule is Cn1c2[n+](c3c1nc1cccnn13)Cc1ccccc1-2. The van der Waals surface area contributed by atoms with E-state index in [4.69, 9.17) is 4.98 Å². The van der Waals surface area contributed by atoms with Crippen molar-refractivity contribution in [1.82, 2.24) is 19.2 Å². The summed E-state index contributed by atoms with van der Waals surface area (Å²) in [5.74, 6) is 1.21. The Morgan fingerprint density at radius 2 is 2.05 bits per heavy atom. The number of imidazole rings is 2. The van der Waals surface area contributed by atoms with Gasteiger partial charge in [-0.1, -0.05) is 18.2 Å². The Morgan fingerprint density at radius 3 is 3.00 bits per heavy atom. The van der Waals surface area contributed by atoms with E-state index in [0.717, 1.165) is 23.5 Å².